The minimum absolute atomic E-state index is 0.347. The van der Waals surface area contributed by atoms with E-state index in [-0.39, 0.29) is 0 Å². The number of hydrogen-bond donors (Lipinski definition) is 0. The lowest BCUT2D eigenvalue weighted by molar-refractivity contribution is 0.0952. The minimum Gasteiger partial charge on any atom is -0.294 e. The van der Waals surface area contributed by atoms with E-state index in [0.29, 0.717) is 11.7 Å². The molecule has 2 heteroatoms. The lowest BCUT2D eigenvalue weighted by Gasteiger charge is -2.20. The summed E-state index contributed by atoms with van der Waals surface area (Å²) in [5.41, 5.74) is 0.946. The first-order chi connectivity index (χ1) is 8.84. The molecule has 0 bridgehead atoms. The van der Waals surface area contributed by atoms with Crippen molar-refractivity contribution < 1.29 is 4.79 Å². The summed E-state index contributed by atoms with van der Waals surface area (Å²) in [6.45, 7) is 0. The number of benzene rings is 1. The van der Waals surface area contributed by atoms with Gasteiger partial charge in [0.15, 0.2) is 5.78 Å². The Balaban J connectivity index is 1.79. The number of carbonyl (C=O) groups is 1. The van der Waals surface area contributed by atoms with Gasteiger partial charge in [0.05, 0.1) is 0 Å². The van der Waals surface area contributed by atoms with Gasteiger partial charge in [-0.1, -0.05) is 50.3 Å². The monoisotopic (exact) mass is 258 g/mol. The Morgan fingerprint density at radius 1 is 1.17 bits per heavy atom. The summed E-state index contributed by atoms with van der Waals surface area (Å²) >= 11 is 1.68. The van der Waals surface area contributed by atoms with Crippen LogP contribution in [0.1, 0.15) is 48.9 Å². The molecule has 0 unspecified atom stereocenters. The number of fused-ring (bicyclic) bond motifs is 1. The number of thiophene rings is 1. The first kappa shape index (κ1) is 11.9. The zero-order chi connectivity index (χ0) is 12.4. The number of hydrogen-bond acceptors (Lipinski definition) is 2. The average molecular weight is 258 g/mol. The van der Waals surface area contributed by atoms with Crippen LogP contribution in [0, 0.1) is 5.92 Å². The number of rotatable bonds is 3. The molecule has 18 heavy (non-hydrogen) atoms. The van der Waals surface area contributed by atoms with E-state index < -0.39 is 0 Å². The van der Waals surface area contributed by atoms with Crippen LogP contribution < -0.4 is 0 Å². The molecule has 1 nitrogen and oxygen atoms in total. The third kappa shape index (κ3) is 2.35. The molecule has 1 aromatic carbocycles. The van der Waals surface area contributed by atoms with Gasteiger partial charge >= 0.3 is 0 Å². The van der Waals surface area contributed by atoms with E-state index in [2.05, 4.69) is 12.1 Å². The zero-order valence-corrected chi connectivity index (χ0v) is 11.3. The molecular weight excluding hydrogens is 240 g/mol. The molecule has 1 saturated carbocycles. The molecule has 1 aromatic heterocycles. The van der Waals surface area contributed by atoms with E-state index >= 15 is 0 Å². The number of carbonyl (C=O) groups excluding carboxylic acids is 1. The molecule has 0 atom stereocenters. The van der Waals surface area contributed by atoms with Gasteiger partial charge in [0, 0.05) is 27.5 Å². The van der Waals surface area contributed by atoms with Crippen molar-refractivity contribution in [1.29, 1.82) is 0 Å². The normalized spacial score (nSPS) is 17.1. The average Bonchev–Trinajstić information content (AvgIpc) is 2.84. The van der Waals surface area contributed by atoms with Gasteiger partial charge in [-0.3, -0.25) is 4.79 Å². The maximum Gasteiger partial charge on any atom is 0.164 e. The minimum atomic E-state index is 0.347. The van der Waals surface area contributed by atoms with Gasteiger partial charge in [-0.05, 0) is 12.0 Å². The number of Topliss-reactive ketones (excluding diaryl/α,β-unsaturated/α-hetero) is 1. The van der Waals surface area contributed by atoms with Crippen molar-refractivity contribution in [3.8, 4) is 0 Å². The lowest BCUT2D eigenvalue weighted by atomic mass is 9.85. The predicted molar refractivity (Wildman–Crippen MR) is 77.3 cm³/mol. The van der Waals surface area contributed by atoms with Crippen LogP contribution in [0.25, 0.3) is 10.1 Å². The van der Waals surface area contributed by atoms with Crippen LogP contribution in [-0.4, -0.2) is 5.78 Å². The smallest absolute Gasteiger partial charge is 0.164 e. The molecule has 1 aliphatic rings. The summed E-state index contributed by atoms with van der Waals surface area (Å²) in [6.07, 6.45) is 7.21. The van der Waals surface area contributed by atoms with Crippen LogP contribution in [0.15, 0.2) is 29.6 Å². The molecule has 3 rings (SSSR count). The molecule has 0 radical (unpaired) electrons. The Morgan fingerprint density at radius 3 is 2.78 bits per heavy atom. The molecule has 0 spiro atoms. The van der Waals surface area contributed by atoms with Gasteiger partial charge in [-0.2, -0.15) is 0 Å². The van der Waals surface area contributed by atoms with Gasteiger partial charge in [-0.15, -0.1) is 11.3 Å². The van der Waals surface area contributed by atoms with Crippen LogP contribution in [-0.2, 0) is 0 Å². The SMILES string of the molecule is O=C(CC1CCCCC1)c1csc2ccccc12. The van der Waals surface area contributed by atoms with Crippen molar-refractivity contribution in [3.63, 3.8) is 0 Å². The van der Waals surface area contributed by atoms with Gasteiger partial charge in [0.2, 0.25) is 0 Å². The standard InChI is InChI=1S/C16H18OS/c17-15(10-12-6-2-1-3-7-12)14-11-18-16-9-5-4-8-13(14)16/h4-5,8-9,11-12H,1-3,6-7,10H2. The van der Waals surface area contributed by atoms with Crippen LogP contribution in [0.3, 0.4) is 0 Å². The van der Waals surface area contributed by atoms with Crippen LogP contribution >= 0.6 is 11.3 Å². The van der Waals surface area contributed by atoms with Crippen molar-refractivity contribution >= 4 is 27.2 Å². The van der Waals surface area contributed by atoms with Gasteiger partial charge in [-0.25, -0.2) is 0 Å². The zero-order valence-electron chi connectivity index (χ0n) is 10.5. The van der Waals surface area contributed by atoms with E-state index in [1.807, 2.05) is 17.5 Å². The third-order valence-electron chi connectivity index (χ3n) is 3.98. The van der Waals surface area contributed by atoms with E-state index in [1.165, 1.54) is 36.8 Å². The van der Waals surface area contributed by atoms with Crippen molar-refractivity contribution in [2.75, 3.05) is 0 Å². The highest BCUT2D eigenvalue weighted by molar-refractivity contribution is 7.17. The summed E-state index contributed by atoms with van der Waals surface area (Å²) in [6, 6.07) is 8.22. The summed E-state index contributed by atoms with van der Waals surface area (Å²) < 4.78 is 1.23. The highest BCUT2D eigenvalue weighted by Gasteiger charge is 2.19. The molecule has 0 amide bonds. The second-order valence-electron chi connectivity index (χ2n) is 5.28. The quantitative estimate of drug-likeness (QED) is 0.704. The fraction of sp³-hybridized carbons (Fsp3) is 0.438. The maximum absolute atomic E-state index is 12.4. The largest absolute Gasteiger partial charge is 0.294 e. The Hall–Kier alpha value is -1.15. The fourth-order valence-electron chi connectivity index (χ4n) is 2.96. The molecule has 0 aliphatic heterocycles. The third-order valence-corrected chi connectivity index (χ3v) is 4.94. The molecular formula is C16H18OS. The highest BCUT2D eigenvalue weighted by Crippen LogP contribution is 2.31. The van der Waals surface area contributed by atoms with E-state index in [0.717, 1.165) is 17.4 Å². The fourth-order valence-corrected chi connectivity index (χ4v) is 3.92. The van der Waals surface area contributed by atoms with Gasteiger partial charge < -0.3 is 0 Å². The first-order valence-electron chi connectivity index (χ1n) is 6.84. The molecule has 0 saturated heterocycles. The lowest BCUT2D eigenvalue weighted by Crippen LogP contribution is -2.11. The summed E-state index contributed by atoms with van der Waals surface area (Å²) in [5, 5.41) is 3.18. The van der Waals surface area contributed by atoms with Gasteiger partial charge in [0.25, 0.3) is 0 Å². The van der Waals surface area contributed by atoms with Crippen molar-refractivity contribution in [1.82, 2.24) is 0 Å². The van der Waals surface area contributed by atoms with E-state index in [4.69, 9.17) is 0 Å². The van der Waals surface area contributed by atoms with Crippen LogP contribution in [0.2, 0.25) is 0 Å². The van der Waals surface area contributed by atoms with Crippen molar-refractivity contribution in [2.45, 2.75) is 38.5 Å². The Kier molecular flexibility index (Phi) is 3.46. The van der Waals surface area contributed by atoms with E-state index in [9.17, 15) is 4.79 Å². The first-order valence-corrected chi connectivity index (χ1v) is 7.72. The van der Waals surface area contributed by atoms with Crippen molar-refractivity contribution in [2.24, 2.45) is 5.92 Å². The van der Waals surface area contributed by atoms with Crippen molar-refractivity contribution in [3.05, 3.63) is 35.2 Å². The Morgan fingerprint density at radius 2 is 1.94 bits per heavy atom. The van der Waals surface area contributed by atoms with Gasteiger partial charge in [0.1, 0.15) is 0 Å². The Bertz CT molecular complexity index is 549. The predicted octanol–water partition coefficient (Wildman–Crippen LogP) is 5.05. The summed E-state index contributed by atoms with van der Waals surface area (Å²) in [4.78, 5) is 12.4. The molecule has 1 fully saturated rings. The molecule has 1 heterocycles. The second kappa shape index (κ2) is 5.23. The topological polar surface area (TPSA) is 17.1 Å². The Labute approximate surface area is 112 Å². The maximum atomic E-state index is 12.4. The molecule has 0 N–H and O–H groups in total. The highest BCUT2D eigenvalue weighted by atomic mass is 32.1. The molecule has 1 aliphatic carbocycles. The summed E-state index contributed by atoms with van der Waals surface area (Å²) in [7, 11) is 0. The van der Waals surface area contributed by atoms with Crippen LogP contribution in [0.4, 0.5) is 0 Å². The second-order valence-corrected chi connectivity index (χ2v) is 6.19. The molecule has 94 valence electrons. The number of ketones is 1. The van der Waals surface area contributed by atoms with E-state index in [1.54, 1.807) is 11.3 Å². The molecule has 2 aromatic rings. The van der Waals surface area contributed by atoms with Crippen LogP contribution in [0.5, 0.6) is 0 Å². The summed E-state index contributed by atoms with van der Waals surface area (Å²) in [5.74, 6) is 0.976.